The fourth-order valence-electron chi connectivity index (χ4n) is 1.88. The maximum Gasteiger partial charge on any atom is 0.239 e. The topological polar surface area (TPSA) is 84.0 Å². The summed E-state index contributed by atoms with van der Waals surface area (Å²) in [4.78, 5) is 15.8. The Hall–Kier alpha value is -1.71. The highest BCUT2D eigenvalue weighted by Crippen LogP contribution is 2.18. The van der Waals surface area contributed by atoms with Gasteiger partial charge in [-0.15, -0.1) is 24.0 Å². The van der Waals surface area contributed by atoms with Crippen molar-refractivity contribution in [1.82, 2.24) is 16.0 Å². The molecule has 0 radical (unpaired) electrons. The molecule has 0 unspecified atom stereocenters. The number of methoxy groups -OCH3 is 1. The number of amides is 1. The Labute approximate surface area is 167 Å². The van der Waals surface area contributed by atoms with Gasteiger partial charge in [-0.3, -0.25) is 9.79 Å². The van der Waals surface area contributed by atoms with E-state index in [9.17, 15) is 4.79 Å². The van der Waals surface area contributed by atoms with E-state index in [0.717, 1.165) is 11.5 Å². The molecule has 0 atom stereocenters. The number of guanidine groups is 1. The molecule has 25 heavy (non-hydrogen) atoms. The van der Waals surface area contributed by atoms with Gasteiger partial charge in [0.05, 0.1) is 20.2 Å². The number of nitrogens with one attached hydrogen (secondary N) is 3. The third kappa shape index (κ3) is 10.7. The molecule has 0 saturated carbocycles. The molecule has 0 aliphatic carbocycles. The van der Waals surface area contributed by atoms with E-state index >= 15 is 0 Å². The fourth-order valence-corrected chi connectivity index (χ4v) is 1.88. The lowest BCUT2D eigenvalue weighted by Crippen LogP contribution is -2.48. The highest BCUT2D eigenvalue weighted by atomic mass is 127. The van der Waals surface area contributed by atoms with Crippen molar-refractivity contribution in [2.24, 2.45) is 4.99 Å². The van der Waals surface area contributed by atoms with E-state index in [0.29, 0.717) is 19.1 Å². The van der Waals surface area contributed by atoms with Crippen LogP contribution in [-0.4, -0.2) is 51.3 Å². The largest absolute Gasteiger partial charge is 0.497 e. The minimum absolute atomic E-state index is 0. The van der Waals surface area contributed by atoms with Gasteiger partial charge >= 0.3 is 0 Å². The third-order valence-electron chi connectivity index (χ3n) is 2.86. The molecule has 0 fully saturated rings. The Morgan fingerprint density at radius 1 is 1.20 bits per heavy atom. The monoisotopic (exact) mass is 464 g/mol. The molecule has 1 rings (SSSR count). The first-order chi connectivity index (χ1) is 11.3. The van der Waals surface area contributed by atoms with Gasteiger partial charge in [0.2, 0.25) is 5.91 Å². The molecule has 0 aliphatic rings. The third-order valence-corrected chi connectivity index (χ3v) is 2.86. The van der Waals surface area contributed by atoms with Gasteiger partial charge in [-0.25, -0.2) is 0 Å². The summed E-state index contributed by atoms with van der Waals surface area (Å²) in [5.74, 6) is 1.96. The van der Waals surface area contributed by atoms with Crippen molar-refractivity contribution in [3.05, 3.63) is 24.3 Å². The first-order valence-electron chi connectivity index (χ1n) is 7.86. The molecule has 1 aromatic carbocycles. The molecular formula is C17H29IN4O3. The summed E-state index contributed by atoms with van der Waals surface area (Å²) in [6.45, 7) is 6.99. The first kappa shape index (κ1) is 23.3. The standard InChI is InChI=1S/C17H28N4O3.HI/c1-17(2,3)21-15(22)12-20-16(18-4)19-9-10-24-14-8-6-7-13(11-14)23-5;/h6-8,11H,9-10,12H2,1-5H3,(H,21,22)(H2,18,19,20);1H. The maximum atomic E-state index is 11.8. The summed E-state index contributed by atoms with van der Waals surface area (Å²) < 4.78 is 10.8. The molecule has 8 heteroatoms. The zero-order chi connectivity index (χ0) is 18.0. The quantitative estimate of drug-likeness (QED) is 0.248. The van der Waals surface area contributed by atoms with E-state index in [1.165, 1.54) is 0 Å². The SMILES string of the molecule is CN=C(NCCOc1cccc(OC)c1)NCC(=O)NC(C)(C)C.I. The molecule has 142 valence electrons. The summed E-state index contributed by atoms with van der Waals surface area (Å²) in [5.41, 5.74) is -0.250. The Kier molecular flexibility index (Phi) is 11.0. The molecule has 0 bridgehead atoms. The fraction of sp³-hybridized carbons (Fsp3) is 0.529. The molecule has 1 amide bonds. The van der Waals surface area contributed by atoms with Gasteiger partial charge in [0.15, 0.2) is 5.96 Å². The second-order valence-corrected chi connectivity index (χ2v) is 6.18. The molecule has 1 aromatic rings. The van der Waals surface area contributed by atoms with Crippen LogP contribution in [0.4, 0.5) is 0 Å². The van der Waals surface area contributed by atoms with E-state index in [1.807, 2.05) is 45.0 Å². The number of hydrogen-bond acceptors (Lipinski definition) is 4. The molecule has 0 heterocycles. The van der Waals surface area contributed by atoms with Crippen LogP contribution in [0.5, 0.6) is 11.5 Å². The lowest BCUT2D eigenvalue weighted by Gasteiger charge is -2.21. The minimum Gasteiger partial charge on any atom is -0.497 e. The molecule has 0 saturated heterocycles. The van der Waals surface area contributed by atoms with Crippen molar-refractivity contribution < 1.29 is 14.3 Å². The van der Waals surface area contributed by atoms with Gasteiger partial charge < -0.3 is 25.4 Å². The van der Waals surface area contributed by atoms with Gasteiger partial charge in [-0.1, -0.05) is 6.07 Å². The average molecular weight is 464 g/mol. The molecule has 0 aliphatic heterocycles. The van der Waals surface area contributed by atoms with E-state index in [4.69, 9.17) is 9.47 Å². The van der Waals surface area contributed by atoms with Crippen molar-refractivity contribution >= 4 is 35.8 Å². The van der Waals surface area contributed by atoms with Crippen molar-refractivity contribution in [3.8, 4) is 11.5 Å². The number of halogens is 1. The van der Waals surface area contributed by atoms with Gasteiger partial charge in [0, 0.05) is 18.7 Å². The first-order valence-corrected chi connectivity index (χ1v) is 7.86. The van der Waals surface area contributed by atoms with Crippen LogP contribution >= 0.6 is 24.0 Å². The van der Waals surface area contributed by atoms with Crippen LogP contribution in [0.1, 0.15) is 20.8 Å². The van der Waals surface area contributed by atoms with Crippen LogP contribution in [0.25, 0.3) is 0 Å². The number of hydrogen-bond donors (Lipinski definition) is 3. The number of aliphatic imine (C=N–C) groups is 1. The van der Waals surface area contributed by atoms with Crippen LogP contribution in [0.2, 0.25) is 0 Å². The molecule has 7 nitrogen and oxygen atoms in total. The normalized spacial score (nSPS) is 11.2. The number of nitrogens with zero attached hydrogens (tertiary/aromatic N) is 1. The van der Waals surface area contributed by atoms with Crippen molar-refractivity contribution in [2.45, 2.75) is 26.3 Å². The lowest BCUT2D eigenvalue weighted by molar-refractivity contribution is -0.121. The maximum absolute atomic E-state index is 11.8. The summed E-state index contributed by atoms with van der Waals surface area (Å²) in [7, 11) is 3.27. The second-order valence-electron chi connectivity index (χ2n) is 6.18. The predicted octanol–water partition coefficient (Wildman–Crippen LogP) is 1.77. The number of ether oxygens (including phenoxy) is 2. The smallest absolute Gasteiger partial charge is 0.239 e. The highest BCUT2D eigenvalue weighted by molar-refractivity contribution is 14.0. The number of rotatable bonds is 7. The lowest BCUT2D eigenvalue weighted by atomic mass is 10.1. The van der Waals surface area contributed by atoms with Crippen LogP contribution < -0.4 is 25.4 Å². The molecule has 0 spiro atoms. The van der Waals surface area contributed by atoms with Crippen LogP contribution in [-0.2, 0) is 4.79 Å². The van der Waals surface area contributed by atoms with E-state index in [-0.39, 0.29) is 42.0 Å². The van der Waals surface area contributed by atoms with E-state index < -0.39 is 0 Å². The van der Waals surface area contributed by atoms with Crippen LogP contribution in [0.3, 0.4) is 0 Å². The molecular weight excluding hydrogens is 435 g/mol. The van der Waals surface area contributed by atoms with Crippen molar-refractivity contribution in [2.75, 3.05) is 33.9 Å². The average Bonchev–Trinajstić information content (AvgIpc) is 2.52. The summed E-state index contributed by atoms with van der Waals surface area (Å²) in [5, 5.41) is 8.93. The summed E-state index contributed by atoms with van der Waals surface area (Å²) in [6.07, 6.45) is 0. The minimum atomic E-state index is -0.250. The Bertz CT molecular complexity index is 559. The Morgan fingerprint density at radius 3 is 2.48 bits per heavy atom. The highest BCUT2D eigenvalue weighted by Gasteiger charge is 2.13. The van der Waals surface area contributed by atoms with Crippen molar-refractivity contribution in [1.29, 1.82) is 0 Å². The zero-order valence-electron chi connectivity index (χ0n) is 15.5. The number of carbonyl (C=O) groups is 1. The Balaban J connectivity index is 0.00000576. The van der Waals surface area contributed by atoms with E-state index in [2.05, 4.69) is 20.9 Å². The van der Waals surface area contributed by atoms with Crippen LogP contribution in [0.15, 0.2) is 29.3 Å². The number of benzene rings is 1. The molecule has 3 N–H and O–H groups in total. The van der Waals surface area contributed by atoms with Gasteiger partial charge in [-0.2, -0.15) is 0 Å². The van der Waals surface area contributed by atoms with Crippen molar-refractivity contribution in [3.63, 3.8) is 0 Å². The zero-order valence-corrected chi connectivity index (χ0v) is 17.8. The Morgan fingerprint density at radius 2 is 1.88 bits per heavy atom. The van der Waals surface area contributed by atoms with Gasteiger partial charge in [-0.05, 0) is 32.9 Å². The summed E-state index contributed by atoms with van der Waals surface area (Å²) >= 11 is 0. The summed E-state index contributed by atoms with van der Waals surface area (Å²) in [6, 6.07) is 7.42. The van der Waals surface area contributed by atoms with Gasteiger partial charge in [0.25, 0.3) is 0 Å². The van der Waals surface area contributed by atoms with Gasteiger partial charge in [0.1, 0.15) is 18.1 Å². The second kappa shape index (κ2) is 11.8. The number of carbonyl (C=O) groups excluding carboxylic acids is 1. The van der Waals surface area contributed by atoms with E-state index in [1.54, 1.807) is 14.2 Å². The molecule has 0 aromatic heterocycles. The van der Waals surface area contributed by atoms with Crippen LogP contribution in [0, 0.1) is 0 Å². The predicted molar refractivity (Wildman–Crippen MR) is 111 cm³/mol.